The summed E-state index contributed by atoms with van der Waals surface area (Å²) in [6.07, 6.45) is 0.791. The normalized spacial score (nSPS) is 21.8. The molecule has 1 unspecified atom stereocenters. The summed E-state index contributed by atoms with van der Waals surface area (Å²) in [7, 11) is 0. The van der Waals surface area contributed by atoms with Crippen LogP contribution >= 0.6 is 0 Å². The maximum Gasteiger partial charge on any atom is 0.326 e. The van der Waals surface area contributed by atoms with Crippen LogP contribution in [0.5, 0.6) is 0 Å². The summed E-state index contributed by atoms with van der Waals surface area (Å²) < 4.78 is 0. The number of hydrogen-bond donors (Lipinski definition) is 3. The molecule has 0 aromatic heterocycles. The second kappa shape index (κ2) is 5.65. The van der Waals surface area contributed by atoms with Gasteiger partial charge in [-0.2, -0.15) is 0 Å². The second-order valence-corrected chi connectivity index (χ2v) is 4.61. The largest absolute Gasteiger partial charge is 0.480 e. The smallest absolute Gasteiger partial charge is 0.326 e. The number of rotatable bonds is 4. The first kappa shape index (κ1) is 13.5. The Morgan fingerprint density at radius 1 is 1.47 bits per heavy atom. The lowest BCUT2D eigenvalue weighted by molar-refractivity contribution is -0.144. The third-order valence-corrected chi connectivity index (χ3v) is 2.87. The van der Waals surface area contributed by atoms with Crippen molar-refractivity contribution in [2.75, 3.05) is 6.54 Å². The molecule has 0 aromatic carbocycles. The van der Waals surface area contributed by atoms with Crippen LogP contribution < -0.4 is 10.6 Å². The van der Waals surface area contributed by atoms with Crippen LogP contribution in [0, 0.1) is 11.8 Å². The van der Waals surface area contributed by atoms with Gasteiger partial charge in [0.05, 0.1) is 5.92 Å². The molecule has 0 saturated carbocycles. The number of nitrogens with one attached hydrogen (secondary N) is 2. The number of aliphatic carboxylic acids is 1. The molecule has 6 nitrogen and oxygen atoms in total. The van der Waals surface area contributed by atoms with E-state index in [4.69, 9.17) is 5.11 Å². The van der Waals surface area contributed by atoms with Gasteiger partial charge in [-0.3, -0.25) is 9.59 Å². The molecular formula is C11H18N2O4. The standard InChI is InChI=1S/C11H18N2O4/c1-6(2)9(11(16)17)13-10(15)7-3-4-8(14)12-5-7/h6-7,9H,3-5H2,1-2H3,(H,12,14)(H,13,15)(H,16,17)/t7?,9-/m0/s1. The zero-order valence-corrected chi connectivity index (χ0v) is 10.0. The van der Waals surface area contributed by atoms with Gasteiger partial charge in [0.1, 0.15) is 6.04 Å². The van der Waals surface area contributed by atoms with Crippen LogP contribution in [-0.2, 0) is 14.4 Å². The number of carbonyl (C=O) groups excluding carboxylic acids is 2. The van der Waals surface area contributed by atoms with Gasteiger partial charge in [-0.25, -0.2) is 4.79 Å². The number of amides is 2. The lowest BCUT2D eigenvalue weighted by Gasteiger charge is -2.25. The van der Waals surface area contributed by atoms with E-state index in [1.54, 1.807) is 13.8 Å². The van der Waals surface area contributed by atoms with Crippen molar-refractivity contribution < 1.29 is 19.5 Å². The fraction of sp³-hybridized carbons (Fsp3) is 0.727. The molecule has 96 valence electrons. The molecule has 3 N–H and O–H groups in total. The Morgan fingerprint density at radius 2 is 2.12 bits per heavy atom. The molecule has 1 rings (SSSR count). The first-order chi connectivity index (χ1) is 7.91. The maximum absolute atomic E-state index is 11.8. The predicted molar refractivity (Wildman–Crippen MR) is 60.1 cm³/mol. The Bertz CT molecular complexity index is 317. The third kappa shape index (κ3) is 3.72. The Labute approximate surface area is 99.8 Å². The monoisotopic (exact) mass is 242 g/mol. The zero-order valence-electron chi connectivity index (χ0n) is 10.0. The second-order valence-electron chi connectivity index (χ2n) is 4.61. The van der Waals surface area contributed by atoms with E-state index in [1.165, 1.54) is 0 Å². The highest BCUT2D eigenvalue weighted by Crippen LogP contribution is 2.12. The summed E-state index contributed by atoms with van der Waals surface area (Å²) >= 11 is 0. The minimum Gasteiger partial charge on any atom is -0.480 e. The molecule has 2 amide bonds. The fourth-order valence-electron chi connectivity index (χ4n) is 1.74. The highest BCUT2D eigenvalue weighted by Gasteiger charge is 2.29. The van der Waals surface area contributed by atoms with Gasteiger partial charge in [0.25, 0.3) is 0 Å². The third-order valence-electron chi connectivity index (χ3n) is 2.87. The molecular weight excluding hydrogens is 224 g/mol. The van der Waals surface area contributed by atoms with Crippen molar-refractivity contribution in [1.82, 2.24) is 10.6 Å². The van der Waals surface area contributed by atoms with E-state index in [0.29, 0.717) is 12.8 Å². The topological polar surface area (TPSA) is 95.5 Å². The quantitative estimate of drug-likeness (QED) is 0.632. The average molecular weight is 242 g/mol. The Balaban J connectivity index is 2.53. The highest BCUT2D eigenvalue weighted by molar-refractivity contribution is 5.87. The van der Waals surface area contributed by atoms with Crippen molar-refractivity contribution in [3.8, 4) is 0 Å². The van der Waals surface area contributed by atoms with Gasteiger partial charge in [-0.05, 0) is 12.3 Å². The summed E-state index contributed by atoms with van der Waals surface area (Å²) in [6, 6.07) is -0.875. The van der Waals surface area contributed by atoms with Gasteiger partial charge in [-0.1, -0.05) is 13.8 Å². The summed E-state index contributed by atoms with van der Waals surface area (Å²) in [4.78, 5) is 33.7. The average Bonchev–Trinajstić information content (AvgIpc) is 2.25. The summed E-state index contributed by atoms with van der Waals surface area (Å²) in [5.41, 5.74) is 0. The van der Waals surface area contributed by atoms with Crippen molar-refractivity contribution in [2.45, 2.75) is 32.7 Å². The van der Waals surface area contributed by atoms with Crippen LogP contribution in [0.1, 0.15) is 26.7 Å². The predicted octanol–water partition coefficient (Wildman–Crippen LogP) is -0.262. The number of hydrogen-bond acceptors (Lipinski definition) is 3. The Hall–Kier alpha value is -1.59. The minimum atomic E-state index is -1.03. The van der Waals surface area contributed by atoms with Crippen LogP contribution in [0.2, 0.25) is 0 Å². The maximum atomic E-state index is 11.8. The minimum absolute atomic E-state index is 0.0623. The SMILES string of the molecule is CC(C)[C@H](NC(=O)C1CCC(=O)NC1)C(=O)O. The van der Waals surface area contributed by atoms with E-state index in [2.05, 4.69) is 10.6 Å². The molecule has 1 heterocycles. The molecule has 6 heteroatoms. The molecule has 17 heavy (non-hydrogen) atoms. The van der Waals surface area contributed by atoms with Crippen LogP contribution in [0.3, 0.4) is 0 Å². The van der Waals surface area contributed by atoms with E-state index in [1.807, 2.05) is 0 Å². The molecule has 0 aromatic rings. The molecule has 1 saturated heterocycles. The number of carboxylic acid groups (broad SMARTS) is 1. The van der Waals surface area contributed by atoms with Crippen LogP contribution in [0.25, 0.3) is 0 Å². The van der Waals surface area contributed by atoms with E-state index >= 15 is 0 Å². The van der Waals surface area contributed by atoms with Gasteiger partial charge in [0.15, 0.2) is 0 Å². The van der Waals surface area contributed by atoms with Crippen LogP contribution in [0.4, 0.5) is 0 Å². The van der Waals surface area contributed by atoms with Crippen molar-refractivity contribution in [1.29, 1.82) is 0 Å². The van der Waals surface area contributed by atoms with Crippen molar-refractivity contribution in [3.05, 3.63) is 0 Å². The molecule has 1 aliphatic rings. The lowest BCUT2D eigenvalue weighted by atomic mass is 9.96. The van der Waals surface area contributed by atoms with Gasteiger partial charge in [0, 0.05) is 13.0 Å². The first-order valence-electron chi connectivity index (χ1n) is 5.71. The molecule has 0 radical (unpaired) electrons. The van der Waals surface area contributed by atoms with Crippen molar-refractivity contribution in [2.24, 2.45) is 11.8 Å². The van der Waals surface area contributed by atoms with E-state index in [-0.39, 0.29) is 30.2 Å². The number of carbonyl (C=O) groups is 3. The highest BCUT2D eigenvalue weighted by atomic mass is 16.4. The molecule has 2 atom stereocenters. The zero-order chi connectivity index (χ0) is 13.0. The molecule has 0 aliphatic carbocycles. The number of carboxylic acids is 1. The van der Waals surface area contributed by atoms with Gasteiger partial charge >= 0.3 is 5.97 Å². The molecule has 1 fully saturated rings. The molecule has 0 spiro atoms. The summed E-state index contributed by atoms with van der Waals surface area (Å²) in [6.45, 7) is 3.76. The molecule has 0 bridgehead atoms. The summed E-state index contributed by atoms with van der Waals surface area (Å²) in [5, 5.41) is 14.1. The van der Waals surface area contributed by atoms with E-state index < -0.39 is 12.0 Å². The summed E-state index contributed by atoms with van der Waals surface area (Å²) in [5.74, 6) is -1.89. The van der Waals surface area contributed by atoms with E-state index in [0.717, 1.165) is 0 Å². The van der Waals surface area contributed by atoms with Gasteiger partial charge in [0.2, 0.25) is 11.8 Å². The van der Waals surface area contributed by atoms with Crippen LogP contribution in [0.15, 0.2) is 0 Å². The van der Waals surface area contributed by atoms with Gasteiger partial charge < -0.3 is 15.7 Å². The Kier molecular flexibility index (Phi) is 4.48. The molecule has 1 aliphatic heterocycles. The Morgan fingerprint density at radius 3 is 2.53 bits per heavy atom. The fourth-order valence-corrected chi connectivity index (χ4v) is 1.74. The lowest BCUT2D eigenvalue weighted by Crippen LogP contribution is -2.50. The van der Waals surface area contributed by atoms with Crippen LogP contribution in [-0.4, -0.2) is 35.5 Å². The van der Waals surface area contributed by atoms with E-state index in [9.17, 15) is 14.4 Å². The first-order valence-corrected chi connectivity index (χ1v) is 5.71. The van der Waals surface area contributed by atoms with Crippen molar-refractivity contribution >= 4 is 17.8 Å². The number of piperidine rings is 1. The van der Waals surface area contributed by atoms with Gasteiger partial charge in [-0.15, -0.1) is 0 Å². The van der Waals surface area contributed by atoms with Crippen molar-refractivity contribution in [3.63, 3.8) is 0 Å².